The Labute approximate surface area is 94.1 Å². The predicted molar refractivity (Wildman–Crippen MR) is 54.5 cm³/mol. The fourth-order valence-corrected chi connectivity index (χ4v) is 1.55. The lowest BCUT2D eigenvalue weighted by Gasteiger charge is -2.01. The van der Waals surface area contributed by atoms with Crippen molar-refractivity contribution in [2.45, 2.75) is 26.7 Å². The smallest absolute Gasteiger partial charge is 0.313 e. The average molecular weight is 228 g/mol. The third kappa shape index (κ3) is 3.32. The average Bonchev–Trinajstić information content (AvgIpc) is 2.97. The van der Waals surface area contributed by atoms with Crippen LogP contribution in [0.1, 0.15) is 26.7 Å². The van der Waals surface area contributed by atoms with E-state index >= 15 is 0 Å². The summed E-state index contributed by atoms with van der Waals surface area (Å²) in [5.74, 6) is -1.78. The quantitative estimate of drug-likeness (QED) is 0.494. The lowest BCUT2D eigenvalue weighted by molar-refractivity contribution is -0.148. The number of carbonyl (C=O) groups is 3. The van der Waals surface area contributed by atoms with E-state index in [4.69, 9.17) is 4.74 Å². The number of rotatable bonds is 6. The van der Waals surface area contributed by atoms with E-state index < -0.39 is 5.97 Å². The molecule has 1 rings (SSSR count). The number of ketones is 1. The van der Waals surface area contributed by atoms with Crippen molar-refractivity contribution in [1.29, 1.82) is 0 Å². The van der Waals surface area contributed by atoms with Gasteiger partial charge in [0, 0.05) is 5.92 Å². The van der Waals surface area contributed by atoms with Gasteiger partial charge in [0.25, 0.3) is 0 Å². The van der Waals surface area contributed by atoms with Crippen molar-refractivity contribution in [2.75, 3.05) is 13.2 Å². The molecule has 0 aromatic carbocycles. The van der Waals surface area contributed by atoms with Crippen LogP contribution in [-0.4, -0.2) is 30.9 Å². The highest BCUT2D eigenvalue weighted by molar-refractivity contribution is 6.00. The normalized spacial score (nSPS) is 22.4. The molecule has 0 spiro atoms. The molecule has 90 valence electrons. The zero-order valence-electron chi connectivity index (χ0n) is 9.52. The first-order chi connectivity index (χ1) is 7.60. The van der Waals surface area contributed by atoms with Crippen LogP contribution >= 0.6 is 0 Å². The maximum Gasteiger partial charge on any atom is 0.313 e. The molecule has 2 atom stereocenters. The molecular weight excluding hydrogens is 212 g/mol. The highest BCUT2D eigenvalue weighted by Gasteiger charge is 2.49. The molecule has 0 aliphatic heterocycles. The first kappa shape index (κ1) is 12.7. The van der Waals surface area contributed by atoms with Crippen molar-refractivity contribution in [3.63, 3.8) is 0 Å². The van der Waals surface area contributed by atoms with Crippen molar-refractivity contribution >= 4 is 17.7 Å². The summed E-state index contributed by atoms with van der Waals surface area (Å²) < 4.78 is 9.45. The largest absolute Gasteiger partial charge is 0.466 e. The van der Waals surface area contributed by atoms with Gasteiger partial charge in [-0.1, -0.05) is 0 Å². The van der Waals surface area contributed by atoms with E-state index in [-0.39, 0.29) is 36.6 Å². The zero-order chi connectivity index (χ0) is 12.1. The van der Waals surface area contributed by atoms with Crippen molar-refractivity contribution in [1.82, 2.24) is 0 Å². The van der Waals surface area contributed by atoms with Gasteiger partial charge in [0.15, 0.2) is 0 Å². The number of ether oxygens (including phenoxy) is 2. The fraction of sp³-hybridized carbons (Fsp3) is 0.727. The maximum absolute atomic E-state index is 11.5. The van der Waals surface area contributed by atoms with Gasteiger partial charge in [-0.3, -0.25) is 14.4 Å². The van der Waals surface area contributed by atoms with Crippen LogP contribution in [0.5, 0.6) is 0 Å². The third-order valence-electron chi connectivity index (χ3n) is 2.42. The predicted octanol–water partition coefficient (Wildman–Crippen LogP) is 0.708. The second kappa shape index (κ2) is 5.63. The van der Waals surface area contributed by atoms with Crippen LogP contribution in [0.2, 0.25) is 0 Å². The molecule has 0 saturated heterocycles. The number of Topliss-reactive ketones (excluding diaryl/α,β-unsaturated/α-hetero) is 1. The molecule has 0 unspecified atom stereocenters. The van der Waals surface area contributed by atoms with Gasteiger partial charge in [0.2, 0.25) is 0 Å². The molecule has 0 bridgehead atoms. The number of esters is 2. The van der Waals surface area contributed by atoms with E-state index in [1.807, 2.05) is 0 Å². The molecule has 1 saturated carbocycles. The Bertz CT molecular complexity index is 297. The molecule has 1 fully saturated rings. The SMILES string of the molecule is CCOC(=O)CC(=O)[C@H]1C[C@@H]1C(=O)OCC. The summed E-state index contributed by atoms with van der Waals surface area (Å²) in [5.41, 5.74) is 0. The molecule has 16 heavy (non-hydrogen) atoms. The Hall–Kier alpha value is -1.39. The lowest BCUT2D eigenvalue weighted by atomic mass is 10.1. The third-order valence-corrected chi connectivity index (χ3v) is 2.42. The van der Waals surface area contributed by atoms with Crippen molar-refractivity contribution < 1.29 is 23.9 Å². The van der Waals surface area contributed by atoms with Crippen LogP contribution in [0.25, 0.3) is 0 Å². The van der Waals surface area contributed by atoms with E-state index in [0.29, 0.717) is 13.0 Å². The van der Waals surface area contributed by atoms with Crippen molar-refractivity contribution in [3.8, 4) is 0 Å². The maximum atomic E-state index is 11.5. The van der Waals surface area contributed by atoms with E-state index in [0.717, 1.165) is 0 Å². The van der Waals surface area contributed by atoms with Crippen LogP contribution < -0.4 is 0 Å². The standard InChI is InChI=1S/C11H16O5/c1-3-15-10(13)6-9(12)7-5-8(7)11(14)16-4-2/h7-8H,3-6H2,1-2H3/t7-,8-/m0/s1. The topological polar surface area (TPSA) is 69.7 Å². The van der Waals surface area contributed by atoms with Crippen molar-refractivity contribution in [2.24, 2.45) is 11.8 Å². The van der Waals surface area contributed by atoms with E-state index in [2.05, 4.69) is 4.74 Å². The second-order valence-corrected chi connectivity index (χ2v) is 3.65. The minimum absolute atomic E-state index is 0.225. The summed E-state index contributed by atoms with van der Waals surface area (Å²) in [5, 5.41) is 0. The summed E-state index contributed by atoms with van der Waals surface area (Å²) in [7, 11) is 0. The molecule has 1 aliphatic rings. The fourth-order valence-electron chi connectivity index (χ4n) is 1.55. The molecular formula is C11H16O5. The van der Waals surface area contributed by atoms with Crippen LogP contribution in [0.4, 0.5) is 0 Å². The summed E-state index contributed by atoms with van der Waals surface area (Å²) in [6, 6.07) is 0. The Morgan fingerprint density at radius 2 is 1.69 bits per heavy atom. The van der Waals surface area contributed by atoms with Crippen LogP contribution in [0.15, 0.2) is 0 Å². The van der Waals surface area contributed by atoms with E-state index in [1.165, 1.54) is 0 Å². The monoisotopic (exact) mass is 228 g/mol. The number of hydrogen-bond donors (Lipinski definition) is 0. The summed E-state index contributed by atoms with van der Waals surface area (Å²) in [6.45, 7) is 3.98. The first-order valence-corrected chi connectivity index (χ1v) is 5.45. The molecule has 0 N–H and O–H groups in total. The zero-order valence-corrected chi connectivity index (χ0v) is 9.52. The van der Waals surface area contributed by atoms with Gasteiger partial charge in [-0.15, -0.1) is 0 Å². The van der Waals surface area contributed by atoms with E-state index in [1.54, 1.807) is 13.8 Å². The number of hydrogen-bond acceptors (Lipinski definition) is 5. The summed E-state index contributed by atoms with van der Waals surface area (Å²) in [6.07, 6.45) is 0.255. The molecule has 5 nitrogen and oxygen atoms in total. The van der Waals surface area contributed by atoms with Gasteiger partial charge in [-0.05, 0) is 20.3 Å². The second-order valence-electron chi connectivity index (χ2n) is 3.65. The Kier molecular flexibility index (Phi) is 4.46. The highest BCUT2D eigenvalue weighted by Crippen LogP contribution is 2.40. The van der Waals surface area contributed by atoms with Gasteiger partial charge in [0.1, 0.15) is 12.2 Å². The molecule has 1 aliphatic carbocycles. The van der Waals surface area contributed by atoms with Gasteiger partial charge < -0.3 is 9.47 Å². The van der Waals surface area contributed by atoms with Crippen LogP contribution in [0.3, 0.4) is 0 Å². The molecule has 5 heteroatoms. The number of carbonyl (C=O) groups excluding carboxylic acids is 3. The van der Waals surface area contributed by atoms with Crippen molar-refractivity contribution in [3.05, 3.63) is 0 Å². The van der Waals surface area contributed by atoms with Crippen LogP contribution in [0, 0.1) is 11.8 Å². The van der Waals surface area contributed by atoms with Crippen LogP contribution in [-0.2, 0) is 23.9 Å². The first-order valence-electron chi connectivity index (χ1n) is 5.45. The molecule has 0 aromatic heterocycles. The molecule has 0 radical (unpaired) electrons. The highest BCUT2D eigenvalue weighted by atomic mass is 16.5. The van der Waals surface area contributed by atoms with Gasteiger partial charge in [0.05, 0.1) is 19.1 Å². The Morgan fingerprint density at radius 1 is 1.06 bits per heavy atom. The van der Waals surface area contributed by atoms with Gasteiger partial charge >= 0.3 is 11.9 Å². The minimum atomic E-state index is -0.526. The Morgan fingerprint density at radius 3 is 2.25 bits per heavy atom. The molecule has 0 heterocycles. The lowest BCUT2D eigenvalue weighted by Crippen LogP contribution is -2.16. The molecule has 0 amide bonds. The van der Waals surface area contributed by atoms with Gasteiger partial charge in [-0.2, -0.15) is 0 Å². The summed E-state index contributed by atoms with van der Waals surface area (Å²) >= 11 is 0. The molecule has 0 aromatic rings. The summed E-state index contributed by atoms with van der Waals surface area (Å²) in [4.78, 5) is 33.8. The Balaban J connectivity index is 2.31. The minimum Gasteiger partial charge on any atom is -0.466 e. The van der Waals surface area contributed by atoms with E-state index in [9.17, 15) is 14.4 Å². The van der Waals surface area contributed by atoms with Gasteiger partial charge in [-0.25, -0.2) is 0 Å².